The summed E-state index contributed by atoms with van der Waals surface area (Å²) in [5.41, 5.74) is -1.86. The molecule has 1 aromatic carbocycles. The molecule has 0 unspecified atom stereocenters. The van der Waals surface area contributed by atoms with Gasteiger partial charge in [-0.15, -0.1) is 0 Å². The Morgan fingerprint density at radius 1 is 1.27 bits per heavy atom. The molecule has 7 nitrogen and oxygen atoms in total. The van der Waals surface area contributed by atoms with E-state index in [1.165, 1.54) is 11.3 Å². The molecule has 0 saturated heterocycles. The quantitative estimate of drug-likeness (QED) is 0.465. The van der Waals surface area contributed by atoms with Crippen LogP contribution in [0.25, 0.3) is 0 Å². The number of nitrogens with zero attached hydrogens (tertiary/aromatic N) is 1. The summed E-state index contributed by atoms with van der Waals surface area (Å²) >= 11 is 1.38. The molecule has 0 radical (unpaired) electrons. The van der Waals surface area contributed by atoms with E-state index >= 15 is 0 Å². The van der Waals surface area contributed by atoms with Gasteiger partial charge in [0.1, 0.15) is 5.69 Å². The summed E-state index contributed by atoms with van der Waals surface area (Å²) in [6.45, 7) is -0.721. The molecule has 138 valence electrons. The van der Waals surface area contributed by atoms with E-state index in [1.807, 2.05) is 0 Å². The predicted molar refractivity (Wildman–Crippen MR) is 85.7 cm³/mol. The van der Waals surface area contributed by atoms with Gasteiger partial charge in [-0.05, 0) is 34.5 Å². The first kappa shape index (κ1) is 19.4. The maximum absolute atomic E-state index is 12.6. The van der Waals surface area contributed by atoms with Crippen molar-refractivity contribution in [3.8, 4) is 0 Å². The van der Waals surface area contributed by atoms with Gasteiger partial charge in [0.15, 0.2) is 6.61 Å². The molecule has 1 heterocycles. The van der Waals surface area contributed by atoms with Gasteiger partial charge in [0.05, 0.1) is 16.9 Å². The van der Waals surface area contributed by atoms with Crippen molar-refractivity contribution in [1.29, 1.82) is 0 Å². The van der Waals surface area contributed by atoms with Crippen molar-refractivity contribution < 1.29 is 32.4 Å². The lowest BCUT2D eigenvalue weighted by atomic mass is 10.1. The lowest BCUT2D eigenvalue weighted by molar-refractivity contribution is -0.384. The molecule has 0 atom stereocenters. The number of carbonyl (C=O) groups excluding carboxylic acids is 2. The Balaban J connectivity index is 1.99. The Bertz CT molecular complexity index is 821. The number of hydrogen-bond acceptors (Lipinski definition) is 6. The number of nitrogens with one attached hydrogen (secondary N) is 1. The van der Waals surface area contributed by atoms with Crippen LogP contribution >= 0.6 is 11.3 Å². The van der Waals surface area contributed by atoms with Gasteiger partial charge in [-0.3, -0.25) is 19.7 Å². The third-order valence-corrected chi connectivity index (χ3v) is 3.82. The minimum atomic E-state index is -4.76. The van der Waals surface area contributed by atoms with E-state index in [-0.39, 0.29) is 6.42 Å². The van der Waals surface area contributed by atoms with Gasteiger partial charge in [-0.25, -0.2) is 0 Å². The van der Waals surface area contributed by atoms with Gasteiger partial charge in [0.25, 0.3) is 11.6 Å². The fourth-order valence-electron chi connectivity index (χ4n) is 1.91. The van der Waals surface area contributed by atoms with Crippen LogP contribution in [-0.2, 0) is 26.9 Å². The van der Waals surface area contributed by atoms with Crippen LogP contribution < -0.4 is 5.32 Å². The van der Waals surface area contributed by atoms with Crippen molar-refractivity contribution in [1.82, 2.24) is 0 Å². The first-order chi connectivity index (χ1) is 12.2. The summed E-state index contributed by atoms with van der Waals surface area (Å²) in [5, 5.41) is 16.5. The summed E-state index contributed by atoms with van der Waals surface area (Å²) in [5.74, 6) is -1.59. The van der Waals surface area contributed by atoms with Crippen molar-refractivity contribution in [2.75, 3.05) is 11.9 Å². The molecule has 0 aliphatic carbocycles. The van der Waals surface area contributed by atoms with Gasteiger partial charge < -0.3 is 10.1 Å². The number of nitro benzene ring substituents is 1. The number of nitro groups is 1. The standard InChI is InChI=1S/C15H11F3N2O5S/c16-15(17,18)10-1-2-11(12(6-10)20(23)24)19-13(21)7-25-14(22)5-9-3-4-26-8-9/h1-4,6,8H,5,7H2,(H,19,21). The zero-order valence-corrected chi connectivity index (χ0v) is 13.7. The number of rotatable bonds is 6. The number of ether oxygens (including phenoxy) is 1. The van der Waals surface area contributed by atoms with Crippen molar-refractivity contribution in [3.63, 3.8) is 0 Å². The lowest BCUT2D eigenvalue weighted by Crippen LogP contribution is -2.22. The summed E-state index contributed by atoms with van der Waals surface area (Å²) in [7, 11) is 0. The second-order valence-corrected chi connectivity index (χ2v) is 5.78. The topological polar surface area (TPSA) is 98.5 Å². The number of thiophene rings is 1. The number of esters is 1. The zero-order chi connectivity index (χ0) is 19.3. The van der Waals surface area contributed by atoms with E-state index in [9.17, 15) is 32.9 Å². The van der Waals surface area contributed by atoms with Crippen LogP contribution in [0, 0.1) is 10.1 Å². The van der Waals surface area contributed by atoms with Crippen LogP contribution in [0.5, 0.6) is 0 Å². The molecule has 0 saturated carbocycles. The molecular formula is C15H11F3N2O5S. The number of hydrogen-bond donors (Lipinski definition) is 1. The third kappa shape index (κ3) is 5.28. The highest BCUT2D eigenvalue weighted by molar-refractivity contribution is 7.07. The average Bonchev–Trinajstić information content (AvgIpc) is 3.05. The molecule has 0 fully saturated rings. The monoisotopic (exact) mass is 388 g/mol. The largest absolute Gasteiger partial charge is 0.455 e. The molecule has 1 aromatic heterocycles. The number of halogens is 3. The van der Waals surface area contributed by atoms with Crippen LogP contribution in [0.4, 0.5) is 24.5 Å². The number of anilines is 1. The molecule has 0 aliphatic heterocycles. The summed E-state index contributed by atoms with van der Waals surface area (Å²) in [6, 6.07) is 3.40. The van der Waals surface area contributed by atoms with E-state index in [0.717, 1.165) is 6.07 Å². The Labute approximate surface area is 148 Å². The van der Waals surface area contributed by atoms with E-state index in [4.69, 9.17) is 4.74 Å². The Morgan fingerprint density at radius 3 is 2.58 bits per heavy atom. The van der Waals surface area contributed by atoms with Gasteiger partial charge in [0.2, 0.25) is 0 Å². The van der Waals surface area contributed by atoms with Crippen molar-refractivity contribution in [3.05, 3.63) is 56.3 Å². The molecular weight excluding hydrogens is 377 g/mol. The number of alkyl halides is 3. The summed E-state index contributed by atoms with van der Waals surface area (Å²) < 4.78 is 42.6. The van der Waals surface area contributed by atoms with Crippen LogP contribution in [-0.4, -0.2) is 23.4 Å². The molecule has 26 heavy (non-hydrogen) atoms. The molecule has 2 aromatic rings. The Kier molecular flexibility index (Phi) is 5.93. The molecule has 1 amide bonds. The van der Waals surface area contributed by atoms with E-state index in [0.29, 0.717) is 17.7 Å². The van der Waals surface area contributed by atoms with E-state index < -0.39 is 46.5 Å². The zero-order valence-electron chi connectivity index (χ0n) is 12.9. The minimum Gasteiger partial charge on any atom is -0.455 e. The lowest BCUT2D eigenvalue weighted by Gasteiger charge is -2.10. The number of benzene rings is 1. The van der Waals surface area contributed by atoms with Crippen molar-refractivity contribution >= 4 is 34.6 Å². The average molecular weight is 388 g/mol. The van der Waals surface area contributed by atoms with E-state index in [2.05, 4.69) is 5.32 Å². The maximum atomic E-state index is 12.6. The first-order valence-corrected chi connectivity index (χ1v) is 7.93. The minimum absolute atomic E-state index is 0.0444. The first-order valence-electron chi connectivity index (χ1n) is 6.99. The fraction of sp³-hybridized carbons (Fsp3) is 0.200. The third-order valence-electron chi connectivity index (χ3n) is 3.09. The van der Waals surface area contributed by atoms with Crippen molar-refractivity contribution in [2.45, 2.75) is 12.6 Å². The molecule has 1 N–H and O–H groups in total. The van der Waals surface area contributed by atoms with Crippen LogP contribution in [0.3, 0.4) is 0 Å². The predicted octanol–water partition coefficient (Wildman–Crippen LogP) is 3.40. The molecule has 0 spiro atoms. The van der Waals surface area contributed by atoms with Gasteiger partial charge in [0, 0.05) is 6.07 Å². The highest BCUT2D eigenvalue weighted by Gasteiger charge is 2.33. The van der Waals surface area contributed by atoms with Crippen molar-refractivity contribution in [2.24, 2.45) is 0 Å². The highest BCUT2D eigenvalue weighted by Crippen LogP contribution is 2.34. The maximum Gasteiger partial charge on any atom is 0.416 e. The van der Waals surface area contributed by atoms with E-state index in [1.54, 1.807) is 16.8 Å². The normalized spacial score (nSPS) is 11.0. The molecule has 0 bridgehead atoms. The Morgan fingerprint density at radius 2 is 2.00 bits per heavy atom. The van der Waals surface area contributed by atoms with Gasteiger partial charge in [-0.1, -0.05) is 0 Å². The summed E-state index contributed by atoms with van der Waals surface area (Å²) in [6.07, 6.45) is -4.80. The van der Waals surface area contributed by atoms with Crippen LogP contribution in [0.2, 0.25) is 0 Å². The van der Waals surface area contributed by atoms with Gasteiger partial charge >= 0.3 is 12.1 Å². The highest BCUT2D eigenvalue weighted by atomic mass is 32.1. The van der Waals surface area contributed by atoms with Crippen LogP contribution in [0.15, 0.2) is 35.0 Å². The van der Waals surface area contributed by atoms with Crippen LogP contribution in [0.1, 0.15) is 11.1 Å². The Hall–Kier alpha value is -2.95. The SMILES string of the molecule is O=C(COC(=O)Cc1ccsc1)Nc1ccc(C(F)(F)F)cc1[N+](=O)[O-]. The van der Waals surface area contributed by atoms with Gasteiger partial charge in [-0.2, -0.15) is 24.5 Å². The number of amides is 1. The molecule has 11 heteroatoms. The molecule has 0 aliphatic rings. The fourth-order valence-corrected chi connectivity index (χ4v) is 2.58. The second kappa shape index (κ2) is 7.95. The number of carbonyl (C=O) groups is 2. The molecule has 2 rings (SSSR count). The second-order valence-electron chi connectivity index (χ2n) is 5.00. The summed E-state index contributed by atoms with van der Waals surface area (Å²) in [4.78, 5) is 33.2. The smallest absolute Gasteiger partial charge is 0.416 e.